The van der Waals surface area contributed by atoms with Crippen molar-refractivity contribution in [1.82, 2.24) is 0 Å². The van der Waals surface area contributed by atoms with Crippen molar-refractivity contribution in [2.75, 3.05) is 11.9 Å². The molecule has 0 atom stereocenters. The average Bonchev–Trinajstić information content (AvgIpc) is 2.93. The van der Waals surface area contributed by atoms with Gasteiger partial charge in [-0.1, -0.05) is 51.9 Å². The summed E-state index contributed by atoms with van der Waals surface area (Å²) < 4.78 is 1.38. The van der Waals surface area contributed by atoms with E-state index in [0.717, 1.165) is 6.54 Å². The zero-order valence-electron chi connectivity index (χ0n) is 12.7. The fourth-order valence-corrected chi connectivity index (χ4v) is 3.34. The van der Waals surface area contributed by atoms with Crippen molar-refractivity contribution >= 4 is 27.1 Å². The second-order valence-corrected chi connectivity index (χ2v) is 6.52. The van der Waals surface area contributed by atoms with Gasteiger partial charge in [0.25, 0.3) is 0 Å². The monoisotopic (exact) mass is 289 g/mol. The third kappa shape index (κ3) is 5.16. The molecule has 20 heavy (non-hydrogen) atoms. The number of anilines is 1. The summed E-state index contributed by atoms with van der Waals surface area (Å²) >= 11 is 1.81. The molecule has 0 saturated heterocycles. The molecule has 1 aromatic carbocycles. The van der Waals surface area contributed by atoms with E-state index in [1.807, 2.05) is 11.3 Å². The van der Waals surface area contributed by atoms with Crippen molar-refractivity contribution in [2.24, 2.45) is 0 Å². The third-order valence-corrected chi connectivity index (χ3v) is 4.71. The maximum absolute atomic E-state index is 3.54. The minimum absolute atomic E-state index is 1.10. The molecule has 2 aromatic rings. The Morgan fingerprint density at radius 1 is 0.900 bits per heavy atom. The lowest BCUT2D eigenvalue weighted by molar-refractivity contribution is 0.581. The van der Waals surface area contributed by atoms with E-state index in [1.54, 1.807) is 0 Å². The Labute approximate surface area is 127 Å². The maximum Gasteiger partial charge on any atom is 0.0347 e. The first-order chi connectivity index (χ1) is 9.90. The number of hydrogen-bond acceptors (Lipinski definition) is 2. The summed E-state index contributed by atoms with van der Waals surface area (Å²) in [6.45, 7) is 3.38. The molecule has 2 heteroatoms. The van der Waals surface area contributed by atoms with E-state index < -0.39 is 0 Å². The summed E-state index contributed by atoms with van der Waals surface area (Å²) in [4.78, 5) is 0. The van der Waals surface area contributed by atoms with E-state index >= 15 is 0 Å². The molecule has 0 aliphatic rings. The Morgan fingerprint density at radius 3 is 2.45 bits per heavy atom. The Kier molecular flexibility index (Phi) is 6.93. The van der Waals surface area contributed by atoms with Crippen LogP contribution >= 0.6 is 11.3 Å². The topological polar surface area (TPSA) is 12.0 Å². The van der Waals surface area contributed by atoms with Gasteiger partial charge in [-0.05, 0) is 41.5 Å². The predicted octanol–water partition coefficient (Wildman–Crippen LogP) is 6.45. The molecule has 0 saturated carbocycles. The maximum atomic E-state index is 3.54. The highest BCUT2D eigenvalue weighted by Crippen LogP contribution is 2.23. The lowest BCUT2D eigenvalue weighted by Crippen LogP contribution is -2.00. The molecule has 0 bridgehead atoms. The van der Waals surface area contributed by atoms with Gasteiger partial charge in [-0.3, -0.25) is 0 Å². The van der Waals surface area contributed by atoms with Crippen molar-refractivity contribution in [3.8, 4) is 0 Å². The Hall–Kier alpha value is -1.02. The van der Waals surface area contributed by atoms with Crippen molar-refractivity contribution in [2.45, 2.75) is 58.3 Å². The first-order valence-corrected chi connectivity index (χ1v) is 8.99. The molecule has 0 unspecified atom stereocenters. The smallest absolute Gasteiger partial charge is 0.0347 e. The Bertz CT molecular complexity index is 489. The number of nitrogens with one attached hydrogen (secondary N) is 1. The number of rotatable bonds is 10. The first kappa shape index (κ1) is 15.4. The first-order valence-electron chi connectivity index (χ1n) is 8.11. The molecule has 0 spiro atoms. The highest BCUT2D eigenvalue weighted by atomic mass is 32.1. The summed E-state index contributed by atoms with van der Waals surface area (Å²) in [5.41, 5.74) is 1.26. The summed E-state index contributed by atoms with van der Waals surface area (Å²) in [5, 5.41) is 7.06. The van der Waals surface area contributed by atoms with Gasteiger partial charge in [0, 0.05) is 16.9 Å². The SMILES string of the molecule is CCCCCCCCCCNc1ccc2sccc2c1. The zero-order chi connectivity index (χ0) is 14.0. The summed E-state index contributed by atoms with van der Waals surface area (Å²) in [7, 11) is 0. The molecule has 0 aliphatic carbocycles. The van der Waals surface area contributed by atoms with E-state index in [9.17, 15) is 0 Å². The van der Waals surface area contributed by atoms with E-state index in [4.69, 9.17) is 0 Å². The second kappa shape index (κ2) is 9.02. The molecular formula is C18H27NS. The van der Waals surface area contributed by atoms with Gasteiger partial charge in [-0.2, -0.15) is 0 Å². The largest absolute Gasteiger partial charge is 0.385 e. The van der Waals surface area contributed by atoms with Crippen LogP contribution in [0.25, 0.3) is 10.1 Å². The predicted molar refractivity (Wildman–Crippen MR) is 92.9 cm³/mol. The average molecular weight is 289 g/mol. The van der Waals surface area contributed by atoms with Crippen LogP contribution in [0.3, 0.4) is 0 Å². The van der Waals surface area contributed by atoms with Crippen LogP contribution in [0.1, 0.15) is 58.3 Å². The van der Waals surface area contributed by atoms with Gasteiger partial charge >= 0.3 is 0 Å². The fraction of sp³-hybridized carbons (Fsp3) is 0.556. The fourth-order valence-electron chi connectivity index (χ4n) is 2.57. The number of fused-ring (bicyclic) bond motifs is 1. The third-order valence-electron chi connectivity index (χ3n) is 3.81. The van der Waals surface area contributed by atoms with Crippen molar-refractivity contribution < 1.29 is 0 Å². The lowest BCUT2D eigenvalue weighted by atomic mass is 10.1. The quantitative estimate of drug-likeness (QED) is 0.495. The van der Waals surface area contributed by atoms with Crippen LogP contribution in [-0.4, -0.2) is 6.54 Å². The van der Waals surface area contributed by atoms with Crippen LogP contribution in [0.5, 0.6) is 0 Å². The van der Waals surface area contributed by atoms with E-state index in [-0.39, 0.29) is 0 Å². The summed E-state index contributed by atoms with van der Waals surface area (Å²) in [6, 6.07) is 8.87. The number of benzene rings is 1. The van der Waals surface area contributed by atoms with Crippen molar-refractivity contribution in [3.63, 3.8) is 0 Å². The minimum atomic E-state index is 1.10. The molecule has 0 fully saturated rings. The minimum Gasteiger partial charge on any atom is -0.385 e. The lowest BCUT2D eigenvalue weighted by Gasteiger charge is -2.06. The summed E-state index contributed by atoms with van der Waals surface area (Å²) in [5.74, 6) is 0. The normalized spacial score (nSPS) is 11.1. The van der Waals surface area contributed by atoms with Crippen LogP contribution in [0.15, 0.2) is 29.6 Å². The van der Waals surface area contributed by atoms with E-state index in [2.05, 4.69) is 41.9 Å². The molecule has 1 N–H and O–H groups in total. The number of thiophene rings is 1. The molecule has 1 nitrogen and oxygen atoms in total. The molecule has 0 amide bonds. The highest BCUT2D eigenvalue weighted by Gasteiger charge is 1.97. The van der Waals surface area contributed by atoms with Crippen molar-refractivity contribution in [3.05, 3.63) is 29.6 Å². The standard InChI is InChI=1S/C18H27NS/c1-2-3-4-5-6-7-8-9-13-19-17-10-11-18-16(15-17)12-14-20-18/h10-12,14-15,19H,2-9,13H2,1H3. The van der Waals surface area contributed by atoms with Crippen LogP contribution < -0.4 is 5.32 Å². The van der Waals surface area contributed by atoms with Gasteiger partial charge < -0.3 is 5.32 Å². The summed E-state index contributed by atoms with van der Waals surface area (Å²) in [6.07, 6.45) is 11.1. The van der Waals surface area contributed by atoms with Crippen LogP contribution in [-0.2, 0) is 0 Å². The number of unbranched alkanes of at least 4 members (excludes halogenated alkanes) is 7. The van der Waals surface area contributed by atoms with E-state index in [0.29, 0.717) is 0 Å². The van der Waals surface area contributed by atoms with Crippen LogP contribution in [0.2, 0.25) is 0 Å². The molecule has 110 valence electrons. The van der Waals surface area contributed by atoms with E-state index in [1.165, 1.54) is 67.1 Å². The molecule has 2 rings (SSSR count). The van der Waals surface area contributed by atoms with Crippen molar-refractivity contribution in [1.29, 1.82) is 0 Å². The number of hydrogen-bond donors (Lipinski definition) is 1. The molecule has 0 radical (unpaired) electrons. The van der Waals surface area contributed by atoms with Gasteiger partial charge in [0.15, 0.2) is 0 Å². The highest BCUT2D eigenvalue weighted by molar-refractivity contribution is 7.17. The van der Waals surface area contributed by atoms with Crippen LogP contribution in [0.4, 0.5) is 5.69 Å². The second-order valence-electron chi connectivity index (χ2n) is 5.57. The molecule has 0 aliphatic heterocycles. The van der Waals surface area contributed by atoms with Gasteiger partial charge in [-0.15, -0.1) is 11.3 Å². The van der Waals surface area contributed by atoms with Crippen LogP contribution in [0, 0.1) is 0 Å². The molecule has 1 heterocycles. The zero-order valence-corrected chi connectivity index (χ0v) is 13.5. The molecule has 1 aromatic heterocycles. The Balaban J connectivity index is 1.54. The van der Waals surface area contributed by atoms with Gasteiger partial charge in [-0.25, -0.2) is 0 Å². The molecular weight excluding hydrogens is 262 g/mol. The van der Waals surface area contributed by atoms with Gasteiger partial charge in [0.05, 0.1) is 0 Å². The Morgan fingerprint density at radius 2 is 1.65 bits per heavy atom. The van der Waals surface area contributed by atoms with Gasteiger partial charge in [0.1, 0.15) is 0 Å². The van der Waals surface area contributed by atoms with Gasteiger partial charge in [0.2, 0.25) is 0 Å².